The maximum Gasteiger partial charge on any atom is 0.407 e. The predicted octanol–water partition coefficient (Wildman–Crippen LogP) is 2.18. The smallest absolute Gasteiger partial charge is 0.407 e. The van der Waals surface area contributed by atoms with Crippen LogP contribution in [0.2, 0.25) is 0 Å². The fraction of sp³-hybridized carbons (Fsp3) is 0.208. The molecule has 8 heteroatoms. The zero-order valence-corrected chi connectivity index (χ0v) is 17.0. The zero-order valence-electron chi connectivity index (χ0n) is 17.0. The third-order valence-electron chi connectivity index (χ3n) is 5.55. The molecule has 0 spiro atoms. The van der Waals surface area contributed by atoms with E-state index in [0.29, 0.717) is 0 Å². The van der Waals surface area contributed by atoms with Crippen LogP contribution >= 0.6 is 0 Å². The first-order chi connectivity index (χ1) is 15.5. The molecule has 0 saturated heterocycles. The number of ether oxygens (including phenoxy) is 1. The van der Waals surface area contributed by atoms with Gasteiger partial charge in [-0.25, -0.2) is 4.79 Å². The number of hydrogen-bond donors (Lipinski definition) is 4. The van der Waals surface area contributed by atoms with Crippen molar-refractivity contribution < 1.29 is 19.7 Å². The Kier molecular flexibility index (Phi) is 6.03. The Bertz CT molecular complexity index is 1200. The molecule has 0 fully saturated rings. The zero-order chi connectivity index (χ0) is 22.7. The van der Waals surface area contributed by atoms with E-state index < -0.39 is 23.9 Å². The number of nitrogens with one attached hydrogen (secondary N) is 2. The molecule has 2 atom stereocenters. The molecule has 0 bridgehead atoms. The number of rotatable bonds is 6. The SMILES string of the molecule is N#Cc1cc(C(O)C(O)CNC(=O)OCC2c3ccccc3-c3ccccc32)c[nH]c1=O. The molecular weight excluding hydrogens is 410 g/mol. The number of aliphatic hydroxyl groups is 2. The number of fused-ring (bicyclic) bond motifs is 3. The van der Waals surface area contributed by atoms with Crippen molar-refractivity contribution in [1.82, 2.24) is 10.3 Å². The number of alkyl carbamates (subject to hydrolysis) is 1. The number of hydrogen-bond acceptors (Lipinski definition) is 6. The molecule has 1 heterocycles. The summed E-state index contributed by atoms with van der Waals surface area (Å²) in [7, 11) is 0. The van der Waals surface area contributed by atoms with Crippen molar-refractivity contribution in [2.75, 3.05) is 13.2 Å². The van der Waals surface area contributed by atoms with Gasteiger partial charge in [0.25, 0.3) is 5.56 Å². The van der Waals surface area contributed by atoms with E-state index in [1.807, 2.05) is 48.5 Å². The fourth-order valence-corrected chi connectivity index (χ4v) is 3.93. The van der Waals surface area contributed by atoms with Gasteiger partial charge in [-0.1, -0.05) is 48.5 Å². The third kappa shape index (κ3) is 4.12. The van der Waals surface area contributed by atoms with Crippen molar-refractivity contribution in [3.05, 3.63) is 93.4 Å². The second-order valence-corrected chi connectivity index (χ2v) is 7.51. The van der Waals surface area contributed by atoms with Crippen molar-refractivity contribution >= 4 is 6.09 Å². The average molecular weight is 431 g/mol. The standard InChI is InChI=1S/C24H21N3O5/c25-10-14-9-15(11-26-23(14)30)22(29)21(28)12-27-24(31)32-13-20-18-7-3-1-5-16(18)17-6-2-4-8-19(17)20/h1-9,11,20-22,28-29H,12-13H2,(H,26,30)(H,27,31). The summed E-state index contributed by atoms with van der Waals surface area (Å²) in [6.07, 6.45) is -2.29. The van der Waals surface area contributed by atoms with Crippen LogP contribution in [0.5, 0.6) is 0 Å². The second-order valence-electron chi connectivity index (χ2n) is 7.51. The molecule has 0 aliphatic heterocycles. The van der Waals surface area contributed by atoms with Gasteiger partial charge in [0.05, 0.1) is 0 Å². The van der Waals surface area contributed by atoms with E-state index in [0.717, 1.165) is 22.3 Å². The molecule has 4 rings (SSSR count). The van der Waals surface area contributed by atoms with Crippen LogP contribution in [0.3, 0.4) is 0 Å². The summed E-state index contributed by atoms with van der Waals surface area (Å²) in [6.45, 7) is -0.150. The average Bonchev–Trinajstić information content (AvgIpc) is 3.14. The normalized spacial score (nSPS) is 14.0. The number of carbonyl (C=O) groups is 1. The number of benzene rings is 2. The monoisotopic (exact) mass is 431 g/mol. The van der Waals surface area contributed by atoms with Crippen LogP contribution in [-0.2, 0) is 4.74 Å². The van der Waals surface area contributed by atoms with E-state index in [4.69, 9.17) is 10.00 Å². The van der Waals surface area contributed by atoms with Gasteiger partial charge < -0.3 is 25.3 Å². The van der Waals surface area contributed by atoms with Crippen LogP contribution in [0.25, 0.3) is 11.1 Å². The number of nitriles is 1. The summed E-state index contributed by atoms with van der Waals surface area (Å²) in [4.78, 5) is 26.0. The Balaban J connectivity index is 1.35. The Hall–Kier alpha value is -3.93. The summed E-state index contributed by atoms with van der Waals surface area (Å²) in [5.74, 6) is -0.0887. The predicted molar refractivity (Wildman–Crippen MR) is 116 cm³/mol. The molecule has 32 heavy (non-hydrogen) atoms. The molecule has 1 aliphatic carbocycles. The highest BCUT2D eigenvalue weighted by atomic mass is 16.5. The lowest BCUT2D eigenvalue weighted by Crippen LogP contribution is -2.36. The van der Waals surface area contributed by atoms with Crippen molar-refractivity contribution in [3.63, 3.8) is 0 Å². The number of aromatic amines is 1. The molecule has 2 unspecified atom stereocenters. The van der Waals surface area contributed by atoms with Crippen molar-refractivity contribution in [2.24, 2.45) is 0 Å². The Labute approximate surface area is 183 Å². The number of aliphatic hydroxyl groups excluding tert-OH is 2. The van der Waals surface area contributed by atoms with Crippen LogP contribution in [0.1, 0.15) is 34.3 Å². The molecule has 1 amide bonds. The maximum atomic E-state index is 12.2. The second kappa shape index (κ2) is 9.06. The van der Waals surface area contributed by atoms with Gasteiger partial charge in [0.15, 0.2) is 0 Å². The van der Waals surface area contributed by atoms with E-state index in [9.17, 15) is 19.8 Å². The van der Waals surface area contributed by atoms with Crippen LogP contribution in [0, 0.1) is 11.3 Å². The third-order valence-corrected chi connectivity index (χ3v) is 5.55. The van der Waals surface area contributed by atoms with E-state index in [2.05, 4.69) is 10.3 Å². The lowest BCUT2D eigenvalue weighted by Gasteiger charge is -2.19. The molecule has 3 aromatic rings. The summed E-state index contributed by atoms with van der Waals surface area (Å²) in [5.41, 5.74) is 3.80. The van der Waals surface area contributed by atoms with Gasteiger partial charge in [-0.05, 0) is 28.3 Å². The molecule has 2 aromatic carbocycles. The number of aromatic nitrogens is 1. The number of pyridine rings is 1. The van der Waals surface area contributed by atoms with E-state index in [1.54, 1.807) is 6.07 Å². The number of carbonyl (C=O) groups excluding carboxylic acids is 1. The number of nitrogens with zero attached hydrogens (tertiary/aromatic N) is 1. The van der Waals surface area contributed by atoms with Crippen molar-refractivity contribution in [1.29, 1.82) is 5.26 Å². The molecule has 8 nitrogen and oxygen atoms in total. The Morgan fingerprint density at radius 1 is 1.12 bits per heavy atom. The minimum Gasteiger partial charge on any atom is -0.449 e. The molecule has 1 aromatic heterocycles. The number of H-pyrrole nitrogens is 1. The van der Waals surface area contributed by atoms with Crippen LogP contribution in [-0.4, -0.2) is 40.5 Å². The summed E-state index contributed by atoms with van der Waals surface area (Å²) in [6, 6.07) is 18.9. The van der Waals surface area contributed by atoms with Crippen LogP contribution < -0.4 is 10.9 Å². The number of amides is 1. The largest absolute Gasteiger partial charge is 0.449 e. The minimum atomic E-state index is -1.41. The highest BCUT2D eigenvalue weighted by Crippen LogP contribution is 2.44. The molecule has 0 saturated carbocycles. The molecule has 1 aliphatic rings. The van der Waals surface area contributed by atoms with E-state index >= 15 is 0 Å². The van der Waals surface area contributed by atoms with Crippen LogP contribution in [0.4, 0.5) is 4.79 Å². The van der Waals surface area contributed by atoms with E-state index in [1.165, 1.54) is 12.3 Å². The van der Waals surface area contributed by atoms with Crippen molar-refractivity contribution in [3.8, 4) is 17.2 Å². The minimum absolute atomic E-state index is 0.0887. The maximum absolute atomic E-state index is 12.2. The summed E-state index contributed by atoms with van der Waals surface area (Å²) in [5, 5.41) is 31.8. The summed E-state index contributed by atoms with van der Waals surface area (Å²) >= 11 is 0. The Morgan fingerprint density at radius 3 is 2.38 bits per heavy atom. The van der Waals surface area contributed by atoms with Gasteiger partial charge >= 0.3 is 6.09 Å². The fourth-order valence-electron chi connectivity index (χ4n) is 3.93. The molecule has 0 radical (unpaired) electrons. The highest BCUT2D eigenvalue weighted by Gasteiger charge is 2.29. The van der Waals surface area contributed by atoms with Gasteiger partial charge in [-0.2, -0.15) is 5.26 Å². The molecular formula is C24H21N3O5. The lowest BCUT2D eigenvalue weighted by molar-refractivity contribution is 0.0183. The van der Waals surface area contributed by atoms with E-state index in [-0.39, 0.29) is 30.2 Å². The lowest BCUT2D eigenvalue weighted by atomic mass is 9.98. The molecule has 4 N–H and O–H groups in total. The highest BCUT2D eigenvalue weighted by molar-refractivity contribution is 5.79. The summed E-state index contributed by atoms with van der Waals surface area (Å²) < 4.78 is 5.39. The molecule has 162 valence electrons. The first kappa shape index (κ1) is 21.3. The van der Waals surface area contributed by atoms with Gasteiger partial charge in [-0.15, -0.1) is 0 Å². The van der Waals surface area contributed by atoms with Crippen molar-refractivity contribution in [2.45, 2.75) is 18.1 Å². The van der Waals surface area contributed by atoms with Gasteiger partial charge in [0.1, 0.15) is 30.4 Å². The topological polar surface area (TPSA) is 135 Å². The first-order valence-corrected chi connectivity index (χ1v) is 10.1. The van der Waals surface area contributed by atoms with Crippen LogP contribution in [0.15, 0.2) is 65.6 Å². The first-order valence-electron chi connectivity index (χ1n) is 10.1. The van der Waals surface area contributed by atoms with Gasteiger partial charge in [0, 0.05) is 24.2 Å². The quantitative estimate of drug-likeness (QED) is 0.472. The van der Waals surface area contributed by atoms with Gasteiger partial charge in [0.2, 0.25) is 0 Å². The Morgan fingerprint density at radius 2 is 1.75 bits per heavy atom. The van der Waals surface area contributed by atoms with Gasteiger partial charge in [-0.3, -0.25) is 4.79 Å².